The van der Waals surface area contributed by atoms with Crippen molar-refractivity contribution in [2.45, 2.75) is 26.3 Å². The second-order valence-corrected chi connectivity index (χ2v) is 7.59. The number of thiophene rings is 1. The maximum atomic E-state index is 12.5. The van der Waals surface area contributed by atoms with E-state index in [1.165, 1.54) is 0 Å². The highest BCUT2D eigenvalue weighted by molar-refractivity contribution is 7.14. The molecule has 0 atom stereocenters. The van der Waals surface area contributed by atoms with Gasteiger partial charge in [-0.05, 0) is 30.0 Å². The molecule has 0 spiro atoms. The lowest BCUT2D eigenvalue weighted by molar-refractivity contribution is -0.115. The van der Waals surface area contributed by atoms with Crippen LogP contribution in [-0.4, -0.2) is 20.4 Å². The molecule has 4 rings (SSSR count). The number of benzene rings is 1. The van der Waals surface area contributed by atoms with Crippen LogP contribution in [0.3, 0.4) is 0 Å². The first kappa shape index (κ1) is 16.9. The molecule has 132 valence electrons. The van der Waals surface area contributed by atoms with Crippen LogP contribution in [0.2, 0.25) is 0 Å². The van der Waals surface area contributed by atoms with E-state index in [9.17, 15) is 4.79 Å². The van der Waals surface area contributed by atoms with Gasteiger partial charge in [0.15, 0.2) is 0 Å². The Morgan fingerprint density at radius 1 is 1.19 bits per heavy atom. The second-order valence-electron chi connectivity index (χ2n) is 5.96. The van der Waals surface area contributed by atoms with E-state index in [4.69, 9.17) is 0 Å². The molecule has 0 fully saturated rings. The van der Waals surface area contributed by atoms with Gasteiger partial charge in [-0.2, -0.15) is 11.3 Å². The van der Waals surface area contributed by atoms with Crippen molar-refractivity contribution in [3.8, 4) is 10.6 Å². The van der Waals surface area contributed by atoms with Crippen molar-refractivity contribution >= 4 is 45.6 Å². The number of imidazole rings is 1. The van der Waals surface area contributed by atoms with Crippen LogP contribution < -0.4 is 5.32 Å². The van der Waals surface area contributed by atoms with E-state index in [0.29, 0.717) is 5.95 Å². The molecule has 1 aromatic carbocycles. The summed E-state index contributed by atoms with van der Waals surface area (Å²) >= 11 is 3.21. The molecule has 0 bridgehead atoms. The van der Waals surface area contributed by atoms with Gasteiger partial charge in [0.05, 0.1) is 23.1 Å². The van der Waals surface area contributed by atoms with Gasteiger partial charge in [-0.1, -0.05) is 19.1 Å². The number of rotatable bonds is 6. The van der Waals surface area contributed by atoms with E-state index in [2.05, 4.69) is 32.2 Å². The highest BCUT2D eigenvalue weighted by Gasteiger charge is 2.14. The Morgan fingerprint density at radius 3 is 2.88 bits per heavy atom. The summed E-state index contributed by atoms with van der Waals surface area (Å²) in [6, 6.07) is 9.98. The SMILES string of the molecule is CCCn1c(NC(=O)Cc2csc(-c3ccsc3)n2)nc2ccccc21. The van der Waals surface area contributed by atoms with E-state index >= 15 is 0 Å². The van der Waals surface area contributed by atoms with Crippen LogP contribution >= 0.6 is 22.7 Å². The van der Waals surface area contributed by atoms with E-state index in [0.717, 1.165) is 40.3 Å². The predicted molar refractivity (Wildman–Crippen MR) is 108 cm³/mol. The smallest absolute Gasteiger partial charge is 0.232 e. The average molecular weight is 383 g/mol. The van der Waals surface area contributed by atoms with Crippen molar-refractivity contribution in [1.82, 2.24) is 14.5 Å². The zero-order valence-corrected chi connectivity index (χ0v) is 15.9. The lowest BCUT2D eigenvalue weighted by Crippen LogP contribution is -2.18. The molecule has 4 aromatic rings. The molecule has 0 aliphatic carbocycles. The number of amides is 1. The minimum atomic E-state index is -0.0974. The number of thiazole rings is 1. The molecule has 3 heterocycles. The first-order valence-corrected chi connectivity index (χ1v) is 10.3. The summed E-state index contributed by atoms with van der Waals surface area (Å²) in [4.78, 5) is 21.7. The molecular weight excluding hydrogens is 364 g/mol. The summed E-state index contributed by atoms with van der Waals surface area (Å²) in [5.74, 6) is 0.506. The van der Waals surface area contributed by atoms with E-state index in [1.807, 2.05) is 41.1 Å². The van der Waals surface area contributed by atoms with E-state index < -0.39 is 0 Å². The van der Waals surface area contributed by atoms with Gasteiger partial charge < -0.3 is 4.57 Å². The van der Waals surface area contributed by atoms with E-state index in [1.54, 1.807) is 22.7 Å². The van der Waals surface area contributed by atoms with Gasteiger partial charge in [0.1, 0.15) is 5.01 Å². The lowest BCUT2D eigenvalue weighted by atomic mass is 10.3. The molecular formula is C19H18N4OS2. The molecule has 0 aliphatic heterocycles. The van der Waals surface area contributed by atoms with Gasteiger partial charge in [0.25, 0.3) is 0 Å². The molecule has 0 radical (unpaired) electrons. The van der Waals surface area contributed by atoms with Gasteiger partial charge in [0.2, 0.25) is 11.9 Å². The Hall–Kier alpha value is -2.51. The van der Waals surface area contributed by atoms with Crippen molar-refractivity contribution in [3.63, 3.8) is 0 Å². The van der Waals surface area contributed by atoms with Crippen molar-refractivity contribution in [2.24, 2.45) is 0 Å². The Balaban J connectivity index is 1.51. The van der Waals surface area contributed by atoms with Gasteiger partial charge in [0, 0.05) is 22.9 Å². The van der Waals surface area contributed by atoms with Gasteiger partial charge >= 0.3 is 0 Å². The van der Waals surface area contributed by atoms with E-state index in [-0.39, 0.29) is 12.3 Å². The minimum absolute atomic E-state index is 0.0974. The number of nitrogens with zero attached hydrogens (tertiary/aromatic N) is 3. The van der Waals surface area contributed by atoms with Crippen LogP contribution in [0, 0.1) is 0 Å². The highest BCUT2D eigenvalue weighted by Crippen LogP contribution is 2.26. The Morgan fingerprint density at radius 2 is 2.08 bits per heavy atom. The standard InChI is InChI=1S/C19H18N4OS2/c1-2-8-23-16-6-4-3-5-15(16)21-19(23)22-17(24)10-14-12-26-18(20-14)13-7-9-25-11-13/h3-7,9,11-12H,2,8,10H2,1H3,(H,21,22,24). The second kappa shape index (κ2) is 7.39. The monoisotopic (exact) mass is 382 g/mol. The number of aryl methyl sites for hydroxylation is 1. The molecule has 1 N–H and O–H groups in total. The lowest BCUT2D eigenvalue weighted by Gasteiger charge is -2.08. The third kappa shape index (κ3) is 3.40. The third-order valence-electron chi connectivity index (χ3n) is 4.01. The number of carbonyl (C=O) groups excluding carboxylic acids is 1. The number of aromatic nitrogens is 3. The fourth-order valence-electron chi connectivity index (χ4n) is 2.86. The summed E-state index contributed by atoms with van der Waals surface area (Å²) in [7, 11) is 0. The average Bonchev–Trinajstić information content (AvgIpc) is 3.36. The van der Waals surface area contributed by atoms with Crippen LogP contribution in [0.1, 0.15) is 19.0 Å². The quantitative estimate of drug-likeness (QED) is 0.520. The van der Waals surface area contributed by atoms with Gasteiger partial charge in [-0.15, -0.1) is 11.3 Å². The number of anilines is 1. The third-order valence-corrected chi connectivity index (χ3v) is 5.64. The summed E-state index contributed by atoms with van der Waals surface area (Å²) < 4.78 is 2.06. The molecule has 0 aliphatic rings. The molecule has 5 nitrogen and oxygen atoms in total. The summed E-state index contributed by atoms with van der Waals surface area (Å²) in [5.41, 5.74) is 3.82. The maximum Gasteiger partial charge on any atom is 0.232 e. The largest absolute Gasteiger partial charge is 0.310 e. The van der Waals surface area contributed by atoms with Gasteiger partial charge in [-0.25, -0.2) is 9.97 Å². The van der Waals surface area contributed by atoms with Crippen molar-refractivity contribution in [2.75, 3.05) is 5.32 Å². The molecule has 7 heteroatoms. The molecule has 3 aromatic heterocycles. The molecule has 0 saturated heterocycles. The zero-order chi connectivity index (χ0) is 17.9. The number of fused-ring (bicyclic) bond motifs is 1. The molecule has 0 saturated carbocycles. The van der Waals surface area contributed by atoms with Crippen LogP contribution in [0.15, 0.2) is 46.5 Å². The molecule has 1 amide bonds. The minimum Gasteiger partial charge on any atom is -0.310 e. The van der Waals surface area contributed by atoms with Crippen molar-refractivity contribution < 1.29 is 4.79 Å². The highest BCUT2D eigenvalue weighted by atomic mass is 32.1. The van der Waals surface area contributed by atoms with Crippen LogP contribution in [-0.2, 0) is 17.8 Å². The summed E-state index contributed by atoms with van der Waals surface area (Å²) in [5, 5.41) is 9.95. The predicted octanol–water partition coefficient (Wildman–Crippen LogP) is 4.81. The number of hydrogen-bond acceptors (Lipinski definition) is 5. The fraction of sp³-hybridized carbons (Fsp3) is 0.211. The summed E-state index contributed by atoms with van der Waals surface area (Å²) in [6.45, 7) is 2.93. The topological polar surface area (TPSA) is 59.8 Å². The Labute approximate surface area is 159 Å². The number of hydrogen-bond donors (Lipinski definition) is 1. The number of nitrogens with one attached hydrogen (secondary N) is 1. The molecule has 26 heavy (non-hydrogen) atoms. The number of carbonyl (C=O) groups is 1. The van der Waals surface area contributed by atoms with Crippen molar-refractivity contribution in [3.05, 3.63) is 52.2 Å². The first-order chi connectivity index (χ1) is 12.7. The fourth-order valence-corrected chi connectivity index (χ4v) is 4.39. The van der Waals surface area contributed by atoms with Gasteiger partial charge in [-0.3, -0.25) is 10.1 Å². The van der Waals surface area contributed by atoms with Crippen LogP contribution in [0.25, 0.3) is 21.6 Å². The summed E-state index contributed by atoms with van der Waals surface area (Å²) in [6.07, 6.45) is 1.22. The normalized spacial score (nSPS) is 11.1. The van der Waals surface area contributed by atoms with Crippen molar-refractivity contribution in [1.29, 1.82) is 0 Å². The van der Waals surface area contributed by atoms with Crippen LogP contribution in [0.5, 0.6) is 0 Å². The Bertz CT molecular complexity index is 1030. The first-order valence-electron chi connectivity index (χ1n) is 8.46. The van der Waals surface area contributed by atoms with Crippen LogP contribution in [0.4, 0.5) is 5.95 Å². The zero-order valence-electron chi connectivity index (χ0n) is 14.3. The maximum absolute atomic E-state index is 12.5. The molecule has 0 unspecified atom stereocenters. The Kier molecular flexibility index (Phi) is 4.81. The number of para-hydroxylation sites is 2.